The molecule has 0 heterocycles. The van der Waals surface area contributed by atoms with Gasteiger partial charge in [-0.05, 0) is 25.1 Å². The van der Waals surface area contributed by atoms with Crippen LogP contribution in [0.3, 0.4) is 0 Å². The van der Waals surface area contributed by atoms with E-state index >= 15 is 0 Å². The van der Waals surface area contributed by atoms with Crippen molar-refractivity contribution in [3.63, 3.8) is 0 Å². The van der Waals surface area contributed by atoms with Gasteiger partial charge in [0.2, 0.25) is 10.0 Å². The molecule has 0 radical (unpaired) electrons. The van der Waals surface area contributed by atoms with Gasteiger partial charge in [-0.15, -0.1) is 0 Å². The number of ether oxygens (including phenoxy) is 1. The molecule has 0 aliphatic heterocycles. The fraction of sp³-hybridized carbons (Fsp3) is 0.533. The van der Waals surface area contributed by atoms with Crippen LogP contribution in [0.15, 0.2) is 23.1 Å². The first-order valence-corrected chi connectivity index (χ1v) is 8.94. The van der Waals surface area contributed by atoms with Gasteiger partial charge in [-0.2, -0.15) is 4.31 Å². The summed E-state index contributed by atoms with van der Waals surface area (Å²) >= 11 is 0. The van der Waals surface area contributed by atoms with E-state index in [-0.39, 0.29) is 23.0 Å². The van der Waals surface area contributed by atoms with Gasteiger partial charge in [0.15, 0.2) is 0 Å². The average molecular weight is 343 g/mol. The Kier molecular flexibility index (Phi) is 6.99. The summed E-state index contributed by atoms with van der Waals surface area (Å²) in [6, 6.07) is 4.04. The Labute approximate surface area is 137 Å². The van der Waals surface area contributed by atoms with Crippen molar-refractivity contribution >= 4 is 15.9 Å². The highest BCUT2D eigenvalue weighted by molar-refractivity contribution is 7.89. The predicted octanol–water partition coefficient (Wildman–Crippen LogP) is 0.803. The molecule has 1 aromatic carbocycles. The summed E-state index contributed by atoms with van der Waals surface area (Å²) in [4.78, 5) is 12.4. The summed E-state index contributed by atoms with van der Waals surface area (Å²) in [5.41, 5.74) is 5.66. The van der Waals surface area contributed by atoms with Gasteiger partial charge >= 0.3 is 0 Å². The highest BCUT2D eigenvalue weighted by Gasteiger charge is 2.24. The number of amides is 1. The van der Waals surface area contributed by atoms with Crippen molar-refractivity contribution in [3.05, 3.63) is 23.8 Å². The topological polar surface area (TPSA) is 102 Å². The number of rotatable bonds is 8. The Bertz CT molecular complexity index is 642. The lowest BCUT2D eigenvalue weighted by Crippen LogP contribution is -2.38. The van der Waals surface area contributed by atoms with Crippen LogP contribution < -0.4 is 15.8 Å². The maximum absolute atomic E-state index is 12.6. The number of benzene rings is 1. The summed E-state index contributed by atoms with van der Waals surface area (Å²) < 4.78 is 31.7. The van der Waals surface area contributed by atoms with E-state index in [9.17, 15) is 13.2 Å². The largest absolute Gasteiger partial charge is 0.496 e. The molecule has 23 heavy (non-hydrogen) atoms. The zero-order chi connectivity index (χ0) is 17.6. The lowest BCUT2D eigenvalue weighted by molar-refractivity contribution is 0.0938. The summed E-state index contributed by atoms with van der Waals surface area (Å²) in [5, 5.41) is 2.70. The molecule has 0 saturated carbocycles. The van der Waals surface area contributed by atoms with Crippen molar-refractivity contribution in [2.24, 2.45) is 5.73 Å². The van der Waals surface area contributed by atoms with E-state index in [0.717, 1.165) is 0 Å². The first kappa shape index (κ1) is 19.4. The molecule has 8 heteroatoms. The molecular weight excluding hydrogens is 318 g/mol. The fourth-order valence-electron chi connectivity index (χ4n) is 2.10. The van der Waals surface area contributed by atoms with Crippen LogP contribution in [-0.2, 0) is 10.0 Å². The maximum Gasteiger partial charge on any atom is 0.255 e. The van der Waals surface area contributed by atoms with E-state index in [1.54, 1.807) is 20.8 Å². The van der Waals surface area contributed by atoms with Crippen molar-refractivity contribution in [1.82, 2.24) is 9.62 Å². The molecule has 0 spiro atoms. The Morgan fingerprint density at radius 1 is 1.35 bits per heavy atom. The third-order valence-corrected chi connectivity index (χ3v) is 5.54. The molecule has 130 valence electrons. The molecule has 0 unspecified atom stereocenters. The number of nitrogens with zero attached hydrogens (tertiary/aromatic N) is 1. The van der Waals surface area contributed by atoms with Gasteiger partial charge in [0.1, 0.15) is 5.75 Å². The van der Waals surface area contributed by atoms with Crippen LogP contribution in [0.2, 0.25) is 0 Å². The number of methoxy groups -OCH3 is 1. The zero-order valence-corrected chi connectivity index (χ0v) is 14.8. The summed E-state index contributed by atoms with van der Waals surface area (Å²) in [6.45, 7) is 6.29. The molecule has 0 bridgehead atoms. The summed E-state index contributed by atoms with van der Waals surface area (Å²) in [5.74, 6) is -0.110. The lowest BCUT2D eigenvalue weighted by atomic mass is 10.1. The molecule has 0 aliphatic rings. The second-order valence-electron chi connectivity index (χ2n) is 5.06. The maximum atomic E-state index is 12.6. The second kappa shape index (κ2) is 8.28. The minimum Gasteiger partial charge on any atom is -0.496 e. The molecule has 1 aromatic rings. The number of carbonyl (C=O) groups excluding carboxylic acids is 1. The number of sulfonamides is 1. The monoisotopic (exact) mass is 343 g/mol. The van der Waals surface area contributed by atoms with Gasteiger partial charge in [0.25, 0.3) is 5.91 Å². The van der Waals surface area contributed by atoms with Crippen LogP contribution in [0.1, 0.15) is 31.1 Å². The molecule has 1 atom stereocenters. The van der Waals surface area contributed by atoms with Gasteiger partial charge in [-0.25, -0.2) is 8.42 Å². The van der Waals surface area contributed by atoms with Crippen molar-refractivity contribution in [2.45, 2.75) is 31.7 Å². The number of hydrogen-bond acceptors (Lipinski definition) is 5. The molecule has 0 aromatic heterocycles. The Morgan fingerprint density at radius 2 is 1.96 bits per heavy atom. The predicted molar refractivity (Wildman–Crippen MR) is 89.1 cm³/mol. The van der Waals surface area contributed by atoms with Crippen molar-refractivity contribution < 1.29 is 17.9 Å². The summed E-state index contributed by atoms with van der Waals surface area (Å²) in [6.07, 6.45) is 0. The summed E-state index contributed by atoms with van der Waals surface area (Å²) in [7, 11) is -2.22. The van der Waals surface area contributed by atoms with Crippen molar-refractivity contribution in [2.75, 3.05) is 26.7 Å². The minimum absolute atomic E-state index is 0.0625. The number of carbonyl (C=O) groups is 1. The van der Waals surface area contributed by atoms with Gasteiger partial charge in [0, 0.05) is 25.7 Å². The van der Waals surface area contributed by atoms with E-state index in [4.69, 9.17) is 10.5 Å². The SMILES string of the molecule is CCN(CC)S(=O)(=O)c1ccc(OC)c(C(=O)N[C@@H](C)CN)c1. The first-order valence-electron chi connectivity index (χ1n) is 7.50. The van der Waals surface area contributed by atoms with Crippen LogP contribution >= 0.6 is 0 Å². The molecule has 7 nitrogen and oxygen atoms in total. The second-order valence-corrected chi connectivity index (χ2v) is 7.00. The molecule has 3 N–H and O–H groups in total. The molecule has 0 saturated heterocycles. The third kappa shape index (κ3) is 4.43. The quantitative estimate of drug-likeness (QED) is 0.727. The van der Waals surface area contributed by atoms with E-state index < -0.39 is 15.9 Å². The molecular formula is C15H25N3O4S. The first-order chi connectivity index (χ1) is 10.8. The minimum atomic E-state index is -3.64. The third-order valence-electron chi connectivity index (χ3n) is 3.49. The highest BCUT2D eigenvalue weighted by Crippen LogP contribution is 2.24. The Morgan fingerprint density at radius 3 is 2.43 bits per heavy atom. The van der Waals surface area contributed by atoms with Crippen LogP contribution in [0.25, 0.3) is 0 Å². The van der Waals surface area contributed by atoms with Crippen LogP contribution in [0, 0.1) is 0 Å². The van der Waals surface area contributed by atoms with Crippen LogP contribution in [-0.4, -0.2) is 51.4 Å². The van der Waals surface area contributed by atoms with E-state index in [2.05, 4.69) is 5.32 Å². The van der Waals surface area contributed by atoms with E-state index in [1.165, 1.54) is 29.6 Å². The Hall–Kier alpha value is -1.64. The smallest absolute Gasteiger partial charge is 0.255 e. The number of hydrogen-bond donors (Lipinski definition) is 2. The van der Waals surface area contributed by atoms with Crippen molar-refractivity contribution in [1.29, 1.82) is 0 Å². The average Bonchev–Trinajstić information content (AvgIpc) is 2.54. The zero-order valence-electron chi connectivity index (χ0n) is 14.0. The van der Waals surface area contributed by atoms with Gasteiger partial charge in [0.05, 0.1) is 17.6 Å². The number of nitrogens with one attached hydrogen (secondary N) is 1. The van der Waals surface area contributed by atoms with E-state index in [0.29, 0.717) is 18.8 Å². The molecule has 0 aliphatic carbocycles. The lowest BCUT2D eigenvalue weighted by Gasteiger charge is -2.20. The molecule has 0 fully saturated rings. The van der Waals surface area contributed by atoms with E-state index in [1.807, 2.05) is 0 Å². The fourth-order valence-corrected chi connectivity index (χ4v) is 3.58. The van der Waals surface area contributed by atoms with Gasteiger partial charge < -0.3 is 15.8 Å². The van der Waals surface area contributed by atoms with Gasteiger partial charge in [-0.3, -0.25) is 4.79 Å². The highest BCUT2D eigenvalue weighted by atomic mass is 32.2. The van der Waals surface area contributed by atoms with Crippen LogP contribution in [0.5, 0.6) is 5.75 Å². The Balaban J connectivity index is 3.30. The standard InChI is InChI=1S/C15H25N3O4S/c1-5-18(6-2)23(20,21)12-7-8-14(22-4)13(9-12)15(19)17-11(3)10-16/h7-9,11H,5-6,10,16H2,1-4H3,(H,17,19)/t11-/m0/s1. The molecule has 1 amide bonds. The normalized spacial score (nSPS) is 13.0. The van der Waals surface area contributed by atoms with Gasteiger partial charge in [-0.1, -0.05) is 13.8 Å². The molecule has 1 rings (SSSR count). The van der Waals surface area contributed by atoms with Crippen LogP contribution in [0.4, 0.5) is 0 Å². The van der Waals surface area contributed by atoms with Crippen molar-refractivity contribution in [3.8, 4) is 5.75 Å². The number of nitrogens with two attached hydrogens (primary N) is 1.